The molecular weight excluding hydrogens is 200 g/mol. The fourth-order valence-corrected chi connectivity index (χ4v) is 2.46. The molecular formula is C13H26N2O. The molecule has 0 aromatic heterocycles. The molecule has 1 saturated heterocycles. The van der Waals surface area contributed by atoms with Crippen LogP contribution in [0.5, 0.6) is 0 Å². The molecule has 0 aromatic carbocycles. The van der Waals surface area contributed by atoms with Gasteiger partial charge < -0.3 is 10.2 Å². The Morgan fingerprint density at radius 3 is 2.62 bits per heavy atom. The van der Waals surface area contributed by atoms with E-state index in [0.717, 1.165) is 38.9 Å². The summed E-state index contributed by atoms with van der Waals surface area (Å²) in [5.41, 5.74) is -0.123. The van der Waals surface area contributed by atoms with E-state index < -0.39 is 0 Å². The molecule has 0 bridgehead atoms. The van der Waals surface area contributed by atoms with E-state index in [0.29, 0.717) is 11.8 Å². The second-order valence-electron chi connectivity index (χ2n) is 5.26. The summed E-state index contributed by atoms with van der Waals surface area (Å²) in [7, 11) is 1.95. The maximum Gasteiger partial charge on any atom is 0.229 e. The monoisotopic (exact) mass is 226 g/mol. The topological polar surface area (TPSA) is 32.3 Å². The minimum atomic E-state index is -0.123. The van der Waals surface area contributed by atoms with Gasteiger partial charge in [-0.3, -0.25) is 4.79 Å². The highest BCUT2D eigenvalue weighted by atomic mass is 16.2. The van der Waals surface area contributed by atoms with Crippen molar-refractivity contribution in [3.63, 3.8) is 0 Å². The van der Waals surface area contributed by atoms with Crippen LogP contribution in [0.4, 0.5) is 0 Å². The zero-order valence-corrected chi connectivity index (χ0v) is 11.2. The normalized spacial score (nSPS) is 26.8. The van der Waals surface area contributed by atoms with Crippen molar-refractivity contribution in [2.45, 2.75) is 40.0 Å². The first-order chi connectivity index (χ1) is 7.55. The first-order valence-electron chi connectivity index (χ1n) is 6.52. The van der Waals surface area contributed by atoms with Crippen LogP contribution in [-0.4, -0.2) is 37.5 Å². The Labute approximate surface area is 99.6 Å². The fourth-order valence-electron chi connectivity index (χ4n) is 2.46. The molecule has 3 nitrogen and oxygen atoms in total. The van der Waals surface area contributed by atoms with E-state index in [1.54, 1.807) is 0 Å². The average molecular weight is 226 g/mol. The van der Waals surface area contributed by atoms with Crippen LogP contribution < -0.4 is 5.32 Å². The zero-order chi connectivity index (χ0) is 12.2. The molecule has 2 atom stereocenters. The highest BCUT2D eigenvalue weighted by Crippen LogP contribution is 2.31. The molecule has 0 saturated carbocycles. The maximum absolute atomic E-state index is 12.4. The first-order valence-corrected chi connectivity index (χ1v) is 6.52. The van der Waals surface area contributed by atoms with Crippen molar-refractivity contribution in [2.24, 2.45) is 11.3 Å². The van der Waals surface area contributed by atoms with Crippen molar-refractivity contribution >= 4 is 5.91 Å². The lowest BCUT2D eigenvalue weighted by Gasteiger charge is -2.32. The summed E-state index contributed by atoms with van der Waals surface area (Å²) in [6.07, 6.45) is 3.08. The summed E-state index contributed by atoms with van der Waals surface area (Å²) in [5.74, 6) is 0.928. The van der Waals surface area contributed by atoms with Gasteiger partial charge in [-0.15, -0.1) is 0 Å². The summed E-state index contributed by atoms with van der Waals surface area (Å²) in [6, 6.07) is 0. The van der Waals surface area contributed by atoms with E-state index >= 15 is 0 Å². The lowest BCUT2D eigenvalue weighted by molar-refractivity contribution is -0.140. The quantitative estimate of drug-likeness (QED) is 0.776. The zero-order valence-electron chi connectivity index (χ0n) is 11.2. The lowest BCUT2D eigenvalue weighted by Crippen LogP contribution is -2.44. The Morgan fingerprint density at radius 1 is 1.50 bits per heavy atom. The number of amides is 1. The van der Waals surface area contributed by atoms with Gasteiger partial charge in [0, 0.05) is 20.1 Å². The Morgan fingerprint density at radius 2 is 2.19 bits per heavy atom. The first kappa shape index (κ1) is 13.5. The number of carbonyl (C=O) groups excluding carboxylic acids is 1. The van der Waals surface area contributed by atoms with Crippen LogP contribution in [-0.2, 0) is 4.79 Å². The van der Waals surface area contributed by atoms with E-state index in [9.17, 15) is 4.79 Å². The van der Waals surface area contributed by atoms with Gasteiger partial charge in [0.05, 0.1) is 5.41 Å². The molecule has 94 valence electrons. The van der Waals surface area contributed by atoms with Gasteiger partial charge in [0.2, 0.25) is 5.91 Å². The third kappa shape index (κ3) is 2.76. The standard InChI is InChI=1S/C13H26N2O/c1-5-11(3)9-15(4)12(16)13(6-2)7-8-14-10-13/h11,14H,5-10H2,1-4H3. The minimum Gasteiger partial charge on any atom is -0.345 e. The Bertz CT molecular complexity index is 234. The lowest BCUT2D eigenvalue weighted by atomic mass is 9.82. The second-order valence-corrected chi connectivity index (χ2v) is 5.26. The summed E-state index contributed by atoms with van der Waals surface area (Å²) in [5, 5.41) is 3.32. The van der Waals surface area contributed by atoms with Gasteiger partial charge in [0.25, 0.3) is 0 Å². The molecule has 1 aliphatic rings. The van der Waals surface area contributed by atoms with Crippen LogP contribution in [0.25, 0.3) is 0 Å². The van der Waals surface area contributed by atoms with Crippen LogP contribution in [0.15, 0.2) is 0 Å². The van der Waals surface area contributed by atoms with Crippen molar-refractivity contribution in [1.29, 1.82) is 0 Å². The van der Waals surface area contributed by atoms with Gasteiger partial charge in [-0.25, -0.2) is 0 Å². The molecule has 3 heteroatoms. The van der Waals surface area contributed by atoms with Gasteiger partial charge in [0.15, 0.2) is 0 Å². The molecule has 1 heterocycles. The smallest absolute Gasteiger partial charge is 0.229 e. The predicted molar refractivity (Wildman–Crippen MR) is 67.3 cm³/mol. The highest BCUT2D eigenvalue weighted by molar-refractivity contribution is 5.83. The van der Waals surface area contributed by atoms with Crippen molar-refractivity contribution in [3.05, 3.63) is 0 Å². The van der Waals surface area contributed by atoms with Gasteiger partial charge in [-0.1, -0.05) is 27.2 Å². The van der Waals surface area contributed by atoms with Crippen LogP contribution in [0.2, 0.25) is 0 Å². The van der Waals surface area contributed by atoms with Crippen LogP contribution in [0.1, 0.15) is 40.0 Å². The molecule has 1 aliphatic heterocycles. The Kier molecular flexibility index (Phi) is 4.78. The fraction of sp³-hybridized carbons (Fsp3) is 0.923. The third-order valence-electron chi connectivity index (χ3n) is 4.00. The Hall–Kier alpha value is -0.570. The molecule has 0 radical (unpaired) electrons. The molecule has 0 spiro atoms. The predicted octanol–water partition coefficient (Wildman–Crippen LogP) is 1.88. The van der Waals surface area contributed by atoms with Gasteiger partial charge in [-0.2, -0.15) is 0 Å². The second kappa shape index (κ2) is 5.67. The van der Waals surface area contributed by atoms with Gasteiger partial charge in [0.1, 0.15) is 0 Å². The molecule has 16 heavy (non-hydrogen) atoms. The third-order valence-corrected chi connectivity index (χ3v) is 4.00. The van der Waals surface area contributed by atoms with E-state index in [1.807, 2.05) is 11.9 Å². The number of hydrogen-bond donors (Lipinski definition) is 1. The minimum absolute atomic E-state index is 0.123. The van der Waals surface area contributed by atoms with E-state index in [1.165, 1.54) is 0 Å². The summed E-state index contributed by atoms with van der Waals surface area (Å²) >= 11 is 0. The number of carbonyl (C=O) groups is 1. The van der Waals surface area contributed by atoms with Crippen molar-refractivity contribution in [1.82, 2.24) is 10.2 Å². The van der Waals surface area contributed by atoms with Crippen LogP contribution >= 0.6 is 0 Å². The number of nitrogens with one attached hydrogen (secondary N) is 1. The molecule has 1 N–H and O–H groups in total. The van der Waals surface area contributed by atoms with Crippen LogP contribution in [0.3, 0.4) is 0 Å². The molecule has 1 rings (SSSR count). The molecule has 1 fully saturated rings. The summed E-state index contributed by atoms with van der Waals surface area (Å²) in [6.45, 7) is 9.23. The van der Waals surface area contributed by atoms with E-state index in [2.05, 4.69) is 26.1 Å². The Balaban J connectivity index is 2.61. The SMILES string of the molecule is CCC(C)CN(C)C(=O)C1(CC)CCNC1. The molecule has 2 unspecified atom stereocenters. The van der Waals surface area contributed by atoms with Crippen molar-refractivity contribution < 1.29 is 4.79 Å². The summed E-state index contributed by atoms with van der Waals surface area (Å²) in [4.78, 5) is 14.4. The maximum atomic E-state index is 12.4. The number of hydrogen-bond acceptors (Lipinski definition) is 2. The molecule has 1 amide bonds. The summed E-state index contributed by atoms with van der Waals surface area (Å²) < 4.78 is 0. The molecule has 0 aliphatic carbocycles. The number of rotatable bonds is 5. The largest absolute Gasteiger partial charge is 0.345 e. The van der Waals surface area contributed by atoms with Crippen molar-refractivity contribution in [3.8, 4) is 0 Å². The van der Waals surface area contributed by atoms with Gasteiger partial charge >= 0.3 is 0 Å². The van der Waals surface area contributed by atoms with Gasteiger partial charge in [-0.05, 0) is 25.3 Å². The van der Waals surface area contributed by atoms with E-state index in [-0.39, 0.29) is 5.41 Å². The van der Waals surface area contributed by atoms with Crippen LogP contribution in [0, 0.1) is 11.3 Å². The van der Waals surface area contributed by atoms with E-state index in [4.69, 9.17) is 0 Å². The number of nitrogens with zero attached hydrogens (tertiary/aromatic N) is 1. The highest BCUT2D eigenvalue weighted by Gasteiger charge is 2.41. The molecule has 0 aromatic rings. The average Bonchev–Trinajstić information content (AvgIpc) is 2.77. The van der Waals surface area contributed by atoms with Crippen molar-refractivity contribution in [2.75, 3.05) is 26.7 Å².